The number of aromatic nitrogens is 1. The first-order chi connectivity index (χ1) is 14.3. The van der Waals surface area contributed by atoms with Crippen molar-refractivity contribution in [3.8, 4) is 5.75 Å². The van der Waals surface area contributed by atoms with Crippen molar-refractivity contribution in [1.29, 1.82) is 0 Å². The third-order valence-electron chi connectivity index (χ3n) is 4.87. The quantitative estimate of drug-likeness (QED) is 0.386. The highest BCUT2D eigenvalue weighted by Crippen LogP contribution is 2.34. The van der Waals surface area contributed by atoms with Crippen molar-refractivity contribution in [2.45, 2.75) is 33.1 Å². The summed E-state index contributed by atoms with van der Waals surface area (Å²) >= 11 is 12.0. The zero-order valence-electron chi connectivity index (χ0n) is 16.5. The molecular formula is C22H20Cl2FNO4. The van der Waals surface area contributed by atoms with Crippen LogP contribution in [-0.2, 0) is 16.0 Å². The van der Waals surface area contributed by atoms with Gasteiger partial charge in [0.2, 0.25) is 0 Å². The summed E-state index contributed by atoms with van der Waals surface area (Å²) in [5.74, 6) is -2.46. The number of fused-ring (bicyclic) bond motifs is 1. The van der Waals surface area contributed by atoms with Gasteiger partial charge in [0, 0.05) is 16.6 Å². The first-order valence-corrected chi connectivity index (χ1v) is 10.2. The van der Waals surface area contributed by atoms with Gasteiger partial charge in [-0.05, 0) is 49.2 Å². The van der Waals surface area contributed by atoms with E-state index in [0.717, 1.165) is 12.8 Å². The number of halogens is 3. The summed E-state index contributed by atoms with van der Waals surface area (Å²) in [6.45, 7) is 3.85. The van der Waals surface area contributed by atoms with Crippen molar-refractivity contribution >= 4 is 46.0 Å². The van der Waals surface area contributed by atoms with Crippen LogP contribution in [0.3, 0.4) is 0 Å². The van der Waals surface area contributed by atoms with E-state index in [2.05, 4.69) is 0 Å². The fourth-order valence-corrected chi connectivity index (χ4v) is 3.58. The first-order valence-electron chi connectivity index (χ1n) is 9.43. The van der Waals surface area contributed by atoms with Gasteiger partial charge in [-0.2, -0.15) is 0 Å². The summed E-state index contributed by atoms with van der Waals surface area (Å²) in [6, 6.07) is 7.03. The molecule has 0 amide bonds. The Hall–Kier alpha value is -2.57. The minimum atomic E-state index is -0.896. The van der Waals surface area contributed by atoms with Gasteiger partial charge in [0.15, 0.2) is 11.6 Å². The van der Waals surface area contributed by atoms with Crippen LogP contribution in [0.25, 0.3) is 10.9 Å². The maximum atomic E-state index is 14.8. The number of esters is 1. The van der Waals surface area contributed by atoms with E-state index in [-0.39, 0.29) is 40.1 Å². The van der Waals surface area contributed by atoms with E-state index in [9.17, 15) is 19.1 Å². The lowest BCUT2D eigenvalue weighted by Crippen LogP contribution is -2.15. The first kappa shape index (κ1) is 22.1. The van der Waals surface area contributed by atoms with Gasteiger partial charge in [-0.3, -0.25) is 14.2 Å². The number of ether oxygens (including phenoxy) is 1. The molecule has 0 saturated heterocycles. The van der Waals surface area contributed by atoms with Crippen LogP contribution < -0.4 is 0 Å². The number of hydrogen-bond acceptors (Lipinski definition) is 4. The van der Waals surface area contributed by atoms with E-state index in [1.807, 2.05) is 6.92 Å². The number of benzene rings is 2. The van der Waals surface area contributed by atoms with Crippen LogP contribution in [0, 0.1) is 12.7 Å². The minimum Gasteiger partial charge on any atom is -0.505 e. The van der Waals surface area contributed by atoms with Gasteiger partial charge in [0.05, 0.1) is 28.6 Å². The average molecular weight is 452 g/mol. The van der Waals surface area contributed by atoms with Crippen molar-refractivity contribution in [2.24, 2.45) is 0 Å². The van der Waals surface area contributed by atoms with Crippen LogP contribution in [0.5, 0.6) is 5.75 Å². The second-order valence-corrected chi connectivity index (χ2v) is 7.69. The van der Waals surface area contributed by atoms with Crippen molar-refractivity contribution in [3.05, 3.63) is 63.0 Å². The molecule has 0 spiro atoms. The molecule has 1 aromatic heterocycles. The maximum absolute atomic E-state index is 14.8. The number of aromatic hydroxyl groups is 1. The molecule has 0 fully saturated rings. The van der Waals surface area contributed by atoms with Gasteiger partial charge in [-0.15, -0.1) is 0 Å². The molecule has 0 bridgehead atoms. The van der Waals surface area contributed by atoms with E-state index in [4.69, 9.17) is 27.9 Å². The summed E-state index contributed by atoms with van der Waals surface area (Å²) in [5, 5.41) is 10.4. The summed E-state index contributed by atoms with van der Waals surface area (Å²) < 4.78 is 21.3. The Balaban J connectivity index is 2.12. The molecule has 3 aromatic rings. The summed E-state index contributed by atoms with van der Waals surface area (Å²) in [5.41, 5.74) is 1.14. The smallest absolute Gasteiger partial charge is 0.310 e. The van der Waals surface area contributed by atoms with Crippen molar-refractivity contribution in [3.63, 3.8) is 0 Å². The zero-order chi connectivity index (χ0) is 22.0. The third kappa shape index (κ3) is 4.16. The zero-order valence-corrected chi connectivity index (χ0v) is 18.0. The van der Waals surface area contributed by atoms with Crippen molar-refractivity contribution in [2.75, 3.05) is 6.61 Å². The monoisotopic (exact) mass is 451 g/mol. The van der Waals surface area contributed by atoms with Gasteiger partial charge >= 0.3 is 5.97 Å². The van der Waals surface area contributed by atoms with E-state index in [1.165, 1.54) is 34.9 Å². The van der Waals surface area contributed by atoms with Crippen molar-refractivity contribution < 1.29 is 23.8 Å². The molecular weight excluding hydrogens is 432 g/mol. The molecule has 1 heterocycles. The van der Waals surface area contributed by atoms with Gasteiger partial charge in [-0.1, -0.05) is 36.5 Å². The second-order valence-electron chi connectivity index (χ2n) is 6.88. The molecule has 0 aliphatic heterocycles. The van der Waals surface area contributed by atoms with E-state index >= 15 is 0 Å². The third-order valence-corrected chi connectivity index (χ3v) is 5.61. The van der Waals surface area contributed by atoms with Crippen LogP contribution in [0.4, 0.5) is 4.39 Å². The Labute approximate surface area is 183 Å². The average Bonchev–Trinajstić information content (AvgIpc) is 2.98. The number of carbonyl (C=O) groups excluding carboxylic acids is 2. The molecule has 5 nitrogen and oxygen atoms in total. The lowest BCUT2D eigenvalue weighted by molar-refractivity contribution is -0.142. The van der Waals surface area contributed by atoms with Gasteiger partial charge in [-0.25, -0.2) is 4.39 Å². The standard InChI is InChI=1S/C22H20Cl2FNO4/c1-3-4-9-30-19(28)11-14-12(2)26(17-7-8-18(27)21(25)20(14)17)22(29)13-5-6-15(23)16(24)10-13/h5-8,10,27H,3-4,9,11H2,1-2H3. The molecule has 0 radical (unpaired) electrons. The number of phenolic OH excluding ortho intramolecular Hbond substituents is 1. The highest BCUT2D eigenvalue weighted by Gasteiger charge is 2.25. The second kappa shape index (κ2) is 9.06. The molecule has 0 saturated carbocycles. The predicted octanol–water partition coefficient (Wildman–Crippen LogP) is 5.68. The molecule has 158 valence electrons. The molecule has 0 unspecified atom stereocenters. The molecule has 2 aromatic carbocycles. The largest absolute Gasteiger partial charge is 0.505 e. The summed E-state index contributed by atoms with van der Waals surface area (Å²) in [6.07, 6.45) is 1.36. The van der Waals surface area contributed by atoms with Gasteiger partial charge < -0.3 is 9.84 Å². The Morgan fingerprint density at radius 1 is 1.17 bits per heavy atom. The fraction of sp³-hybridized carbons (Fsp3) is 0.273. The Morgan fingerprint density at radius 2 is 1.90 bits per heavy atom. The molecule has 0 aliphatic rings. The lowest BCUT2D eigenvalue weighted by atomic mass is 10.1. The normalized spacial score (nSPS) is 11.1. The SMILES string of the molecule is CCCCOC(=O)Cc1c(C)n(C(=O)c2ccc(Cl)c(Cl)c2)c2ccc(O)c(F)c12. The van der Waals surface area contributed by atoms with E-state index in [0.29, 0.717) is 10.7 Å². The molecule has 8 heteroatoms. The molecule has 0 aliphatic carbocycles. The van der Waals surface area contributed by atoms with Crippen LogP contribution in [0.2, 0.25) is 10.0 Å². The van der Waals surface area contributed by atoms with E-state index in [1.54, 1.807) is 6.92 Å². The minimum absolute atomic E-state index is 0.00773. The number of phenols is 1. The molecule has 3 rings (SSSR count). The van der Waals surface area contributed by atoms with Crippen molar-refractivity contribution in [1.82, 2.24) is 4.57 Å². The van der Waals surface area contributed by atoms with Crippen LogP contribution >= 0.6 is 23.2 Å². The Bertz CT molecular complexity index is 1140. The Kier molecular flexibility index (Phi) is 6.68. The number of hydrogen-bond donors (Lipinski definition) is 1. The van der Waals surface area contributed by atoms with Crippen LogP contribution in [0.15, 0.2) is 30.3 Å². The highest BCUT2D eigenvalue weighted by atomic mass is 35.5. The molecule has 30 heavy (non-hydrogen) atoms. The molecule has 0 atom stereocenters. The number of carbonyl (C=O) groups is 2. The van der Waals surface area contributed by atoms with Crippen LogP contribution in [0.1, 0.15) is 41.4 Å². The molecule has 1 N–H and O–H groups in total. The number of rotatable bonds is 6. The number of nitrogens with zero attached hydrogens (tertiary/aromatic N) is 1. The van der Waals surface area contributed by atoms with Gasteiger partial charge in [0.25, 0.3) is 5.91 Å². The summed E-state index contributed by atoms with van der Waals surface area (Å²) in [7, 11) is 0. The Morgan fingerprint density at radius 3 is 2.57 bits per heavy atom. The lowest BCUT2D eigenvalue weighted by Gasteiger charge is -2.09. The fourth-order valence-electron chi connectivity index (χ4n) is 3.29. The highest BCUT2D eigenvalue weighted by molar-refractivity contribution is 6.42. The van der Waals surface area contributed by atoms with E-state index < -0.39 is 23.4 Å². The summed E-state index contributed by atoms with van der Waals surface area (Å²) in [4.78, 5) is 25.5. The van der Waals surface area contributed by atoms with Gasteiger partial charge in [0.1, 0.15) is 0 Å². The maximum Gasteiger partial charge on any atom is 0.310 e. The van der Waals surface area contributed by atoms with Crippen LogP contribution in [-0.4, -0.2) is 28.2 Å². The predicted molar refractivity (Wildman–Crippen MR) is 114 cm³/mol. The number of unbranched alkanes of at least 4 members (excludes halogenated alkanes) is 1. The topological polar surface area (TPSA) is 68.5 Å².